The summed E-state index contributed by atoms with van der Waals surface area (Å²) in [5, 5.41) is 35.7. The molecule has 0 bridgehead atoms. The number of allylic oxidation sites excluding steroid dienone is 2. The summed E-state index contributed by atoms with van der Waals surface area (Å²) >= 11 is 0. The van der Waals surface area contributed by atoms with Gasteiger partial charge in [-0.3, -0.25) is 42.8 Å². The molecule has 24 heteroatoms. The molecule has 75 heavy (non-hydrogen) atoms. The molecule has 7 amide bonds. The minimum absolute atomic E-state index is 0.000784. The van der Waals surface area contributed by atoms with Gasteiger partial charge < -0.3 is 63.2 Å². The molecular weight excluding hydrogens is 993 g/mol. The Morgan fingerprint density at radius 3 is 2.01 bits per heavy atom. The number of carboxylic acid groups (broad SMARTS) is 2. The highest BCUT2D eigenvalue weighted by Crippen LogP contribution is 2.19. The van der Waals surface area contributed by atoms with Crippen LogP contribution >= 0.6 is 0 Å². The third-order valence-electron chi connectivity index (χ3n) is 12.5. The Labute approximate surface area is 441 Å². The molecular formula is C51H78N10O13S. The van der Waals surface area contributed by atoms with E-state index in [1.54, 1.807) is 34.0 Å². The van der Waals surface area contributed by atoms with Crippen molar-refractivity contribution < 1.29 is 62.3 Å². The second-order valence-electron chi connectivity index (χ2n) is 19.2. The lowest BCUT2D eigenvalue weighted by molar-refractivity contribution is -0.146. The summed E-state index contributed by atoms with van der Waals surface area (Å²) in [5.41, 5.74) is 12.4. The molecule has 1 unspecified atom stereocenters. The molecule has 416 valence electrons. The minimum Gasteiger partial charge on any atom is -0.480 e. The number of ether oxygens (including phenoxy) is 1. The Kier molecular flexibility index (Phi) is 27.1. The van der Waals surface area contributed by atoms with Crippen molar-refractivity contribution in [3.05, 3.63) is 72.0 Å². The number of nitrogens with one attached hydrogen (secondary N) is 6. The SMILES string of the molecule is C=C1C(=O)N[C@H](CC(C)C)C(=O)N[C@@H](CCS(C)=O)C(=O)N[C@@H](C(=O)O)[C@H](C)C(=O)N[C@@H](CCCN=C(N)N)C(=O)N[C@@H](/C=C/C(C)=C/[C@H](C)[C@H](Cc2ccccc2)OC)[C@H](C)C(=O)N[C@@H](C(=O)O)CCC(=O)N1C. The lowest BCUT2D eigenvalue weighted by Gasteiger charge is -2.28. The van der Waals surface area contributed by atoms with Crippen LogP contribution in [0, 0.1) is 23.7 Å². The molecule has 0 saturated carbocycles. The fraction of sp³-hybridized carbons (Fsp3) is 0.569. The third-order valence-corrected chi connectivity index (χ3v) is 13.3. The number of rotatable bonds is 18. The van der Waals surface area contributed by atoms with E-state index in [-0.39, 0.29) is 61.9 Å². The van der Waals surface area contributed by atoms with Gasteiger partial charge in [0.25, 0.3) is 5.91 Å². The van der Waals surface area contributed by atoms with Crippen molar-refractivity contribution in [1.82, 2.24) is 36.8 Å². The molecule has 1 saturated heterocycles. The molecule has 1 aliphatic rings. The maximum atomic E-state index is 14.4. The molecule has 0 aromatic heterocycles. The van der Waals surface area contributed by atoms with Gasteiger partial charge in [0.1, 0.15) is 35.9 Å². The number of guanidine groups is 1. The van der Waals surface area contributed by atoms with E-state index in [0.717, 1.165) is 10.5 Å². The first-order valence-electron chi connectivity index (χ1n) is 24.7. The van der Waals surface area contributed by atoms with Gasteiger partial charge in [-0.25, -0.2) is 9.59 Å². The number of hydrogen-bond acceptors (Lipinski definition) is 12. The normalized spacial score (nSPS) is 25.0. The fourth-order valence-electron chi connectivity index (χ4n) is 7.88. The number of carboxylic acids is 2. The van der Waals surface area contributed by atoms with E-state index in [9.17, 15) is 57.6 Å². The average Bonchev–Trinajstić information content (AvgIpc) is 3.34. The lowest BCUT2D eigenvalue weighted by Crippen LogP contribution is -2.59. The van der Waals surface area contributed by atoms with Crippen molar-refractivity contribution in [2.45, 2.75) is 129 Å². The fourth-order valence-corrected chi connectivity index (χ4v) is 8.45. The quantitative estimate of drug-likeness (QED) is 0.0312. The molecule has 1 fully saturated rings. The van der Waals surface area contributed by atoms with Crippen LogP contribution in [-0.4, -0.2) is 154 Å². The Morgan fingerprint density at radius 2 is 1.44 bits per heavy atom. The molecule has 12 N–H and O–H groups in total. The van der Waals surface area contributed by atoms with Gasteiger partial charge in [-0.2, -0.15) is 0 Å². The molecule has 1 aliphatic heterocycles. The number of aliphatic carboxylic acids is 2. The van der Waals surface area contributed by atoms with E-state index < -0.39 is 131 Å². The molecule has 2 rings (SSSR count). The van der Waals surface area contributed by atoms with Gasteiger partial charge in [0, 0.05) is 55.8 Å². The second-order valence-corrected chi connectivity index (χ2v) is 20.7. The van der Waals surface area contributed by atoms with Crippen molar-refractivity contribution in [3.8, 4) is 0 Å². The summed E-state index contributed by atoms with van der Waals surface area (Å²) in [7, 11) is 1.31. The van der Waals surface area contributed by atoms with Crippen LogP contribution in [0.5, 0.6) is 0 Å². The monoisotopic (exact) mass is 1070 g/mol. The highest BCUT2D eigenvalue weighted by atomic mass is 32.2. The predicted octanol–water partition coefficient (Wildman–Crippen LogP) is 0.367. The van der Waals surface area contributed by atoms with Gasteiger partial charge in [0.05, 0.1) is 24.0 Å². The number of likely N-dealkylation sites (N-methyl/N-ethyl adjacent to an activating group) is 1. The van der Waals surface area contributed by atoms with E-state index >= 15 is 0 Å². The van der Waals surface area contributed by atoms with E-state index in [1.165, 1.54) is 33.2 Å². The van der Waals surface area contributed by atoms with Crippen molar-refractivity contribution in [1.29, 1.82) is 0 Å². The second kappa shape index (κ2) is 31.7. The number of methoxy groups -OCH3 is 1. The van der Waals surface area contributed by atoms with Crippen LogP contribution in [-0.2, 0) is 65.1 Å². The molecule has 1 aromatic rings. The number of aliphatic imine (C=N–C) groups is 1. The molecule has 0 radical (unpaired) electrons. The largest absolute Gasteiger partial charge is 0.480 e. The van der Waals surface area contributed by atoms with Gasteiger partial charge >= 0.3 is 11.9 Å². The molecule has 11 atom stereocenters. The summed E-state index contributed by atoms with van der Waals surface area (Å²) in [6.07, 6.45) is 5.56. The van der Waals surface area contributed by atoms with Gasteiger partial charge in [0.15, 0.2) is 5.96 Å². The Morgan fingerprint density at radius 1 is 0.853 bits per heavy atom. The van der Waals surface area contributed by atoms with Crippen LogP contribution in [0.25, 0.3) is 0 Å². The van der Waals surface area contributed by atoms with E-state index in [4.69, 9.17) is 16.2 Å². The molecule has 0 spiro atoms. The Bertz CT molecular complexity index is 2310. The van der Waals surface area contributed by atoms with E-state index in [2.05, 4.69) is 43.5 Å². The summed E-state index contributed by atoms with van der Waals surface area (Å²) in [4.78, 5) is 128. The van der Waals surface area contributed by atoms with Crippen molar-refractivity contribution in [2.75, 3.05) is 32.7 Å². The smallest absolute Gasteiger partial charge is 0.327 e. The summed E-state index contributed by atoms with van der Waals surface area (Å²) in [6.45, 7) is 13.6. The van der Waals surface area contributed by atoms with Crippen molar-refractivity contribution in [2.24, 2.45) is 40.1 Å². The standard InChI is InChI=1S/C51H78N10O13S/c1-28(2)25-39-48(68)57-37(22-24-75(10)73)47(67)60-42(50(71)72)32(6)44(64)56-36(17-14-23-54-51(52)53)46(66)55-35(19-18-29(3)26-30(4)40(74-9)27-34-15-12-11-13-16-34)31(5)43(63)58-38(49(69)70)20-21-41(62)61(8)33(7)45(65)59-39/h11-13,15-16,18-19,26,28,30-32,35-40,42H,7,14,17,20-25,27H2,1-6,8-10H3,(H,55,66)(H,56,64)(H,57,68)(H,58,63)(H,59,65)(H,60,67)(H,69,70)(H,71,72)(H4,52,53,54)/b19-18+,29-26+/t30-,31-,32-,35-,36-,37-,38+,39+,40-,42+,75?/m0/s1. The van der Waals surface area contributed by atoms with Crippen LogP contribution < -0.4 is 43.4 Å². The van der Waals surface area contributed by atoms with Crippen LogP contribution in [0.3, 0.4) is 0 Å². The van der Waals surface area contributed by atoms with Crippen molar-refractivity contribution in [3.63, 3.8) is 0 Å². The number of nitrogens with two attached hydrogens (primary N) is 2. The number of nitrogens with zero attached hydrogens (tertiary/aromatic N) is 2. The molecule has 23 nitrogen and oxygen atoms in total. The molecule has 1 heterocycles. The minimum atomic E-state index is -1.96. The topological polar surface area (TPSA) is 360 Å². The maximum absolute atomic E-state index is 14.4. The van der Waals surface area contributed by atoms with Crippen molar-refractivity contribution >= 4 is 70.0 Å². The highest BCUT2D eigenvalue weighted by molar-refractivity contribution is 7.84. The van der Waals surface area contributed by atoms with Crippen LogP contribution in [0.4, 0.5) is 0 Å². The Balaban J connectivity index is 2.79. The van der Waals surface area contributed by atoms with Crippen LogP contribution in [0.15, 0.2) is 71.4 Å². The number of amides is 7. The number of hydrogen-bond donors (Lipinski definition) is 10. The zero-order chi connectivity index (χ0) is 56.7. The zero-order valence-corrected chi connectivity index (χ0v) is 45.2. The third kappa shape index (κ3) is 22.2. The molecule has 1 aromatic carbocycles. The zero-order valence-electron chi connectivity index (χ0n) is 44.4. The van der Waals surface area contributed by atoms with E-state index in [0.29, 0.717) is 12.0 Å². The summed E-state index contributed by atoms with van der Waals surface area (Å²) in [5.74, 6) is -13.2. The van der Waals surface area contributed by atoms with Gasteiger partial charge in [-0.05, 0) is 56.9 Å². The summed E-state index contributed by atoms with van der Waals surface area (Å²) < 4.78 is 18.0. The first-order chi connectivity index (χ1) is 35.2. The van der Waals surface area contributed by atoms with E-state index in [1.807, 2.05) is 43.3 Å². The summed E-state index contributed by atoms with van der Waals surface area (Å²) in [6, 6.07) is 0.586. The highest BCUT2D eigenvalue weighted by Gasteiger charge is 2.38. The number of benzene rings is 1. The Hall–Kier alpha value is -6.95. The van der Waals surface area contributed by atoms with Gasteiger partial charge in [-0.1, -0.05) is 95.3 Å². The van der Waals surface area contributed by atoms with Gasteiger partial charge in [0.2, 0.25) is 35.4 Å². The number of carbonyl (C=O) groups excluding carboxylic acids is 7. The maximum Gasteiger partial charge on any atom is 0.327 e. The number of carbonyl (C=O) groups is 9. The first kappa shape index (κ1) is 64.2. The van der Waals surface area contributed by atoms with Crippen LogP contribution in [0.2, 0.25) is 0 Å². The predicted molar refractivity (Wildman–Crippen MR) is 282 cm³/mol. The average molecular weight is 1070 g/mol. The van der Waals surface area contributed by atoms with Gasteiger partial charge in [-0.15, -0.1) is 0 Å². The molecule has 0 aliphatic carbocycles. The lowest BCUT2D eigenvalue weighted by atomic mass is 9.94. The van der Waals surface area contributed by atoms with Crippen LogP contribution in [0.1, 0.15) is 85.6 Å². The first-order valence-corrected chi connectivity index (χ1v) is 26.4.